The van der Waals surface area contributed by atoms with Crippen molar-refractivity contribution in [2.45, 2.75) is 45.6 Å². The van der Waals surface area contributed by atoms with Crippen LogP contribution in [-0.4, -0.2) is 59.6 Å². The molecular formula is C30H36N2O2. The highest BCUT2D eigenvalue weighted by Crippen LogP contribution is 2.26. The molecule has 2 aliphatic rings. The second-order valence-electron chi connectivity index (χ2n) is 10.3. The highest BCUT2D eigenvalue weighted by atomic mass is 16.3. The molecule has 0 bridgehead atoms. The maximum Gasteiger partial charge on any atom is 0.254 e. The van der Waals surface area contributed by atoms with E-state index in [2.05, 4.69) is 78.2 Å². The topological polar surface area (TPSA) is 43.8 Å². The number of aliphatic hydroxyl groups is 1. The second-order valence-corrected chi connectivity index (χ2v) is 10.3. The summed E-state index contributed by atoms with van der Waals surface area (Å²) in [4.78, 5) is 17.6. The number of rotatable bonds is 7. The molecule has 0 saturated carbocycles. The van der Waals surface area contributed by atoms with Crippen molar-refractivity contribution in [2.24, 2.45) is 5.92 Å². The highest BCUT2D eigenvalue weighted by molar-refractivity contribution is 5.97. The van der Waals surface area contributed by atoms with Gasteiger partial charge in [0, 0.05) is 31.7 Å². The Bertz CT molecular complexity index is 1180. The van der Waals surface area contributed by atoms with Gasteiger partial charge in [-0.1, -0.05) is 48.5 Å². The van der Waals surface area contributed by atoms with E-state index in [4.69, 9.17) is 0 Å². The normalized spacial score (nSPS) is 19.6. The monoisotopic (exact) mass is 456 g/mol. The quantitative estimate of drug-likeness (QED) is 0.557. The van der Waals surface area contributed by atoms with Crippen LogP contribution in [-0.2, 0) is 12.8 Å². The summed E-state index contributed by atoms with van der Waals surface area (Å²) in [7, 11) is 0. The summed E-state index contributed by atoms with van der Waals surface area (Å²) < 4.78 is 0. The summed E-state index contributed by atoms with van der Waals surface area (Å²) in [5, 5.41) is 13.3. The van der Waals surface area contributed by atoms with Gasteiger partial charge in [-0.25, -0.2) is 0 Å². The largest absolute Gasteiger partial charge is 0.392 e. The minimum atomic E-state index is -0.326. The highest BCUT2D eigenvalue weighted by Gasteiger charge is 2.30. The lowest BCUT2D eigenvalue weighted by Crippen LogP contribution is -2.41. The van der Waals surface area contributed by atoms with Crippen LogP contribution in [0.1, 0.15) is 45.5 Å². The number of likely N-dealkylation sites (tertiary alicyclic amines) is 1. The molecule has 2 heterocycles. The third-order valence-electron chi connectivity index (χ3n) is 7.83. The number of benzene rings is 3. The number of carbonyl (C=O) groups excluding carboxylic acids is 1. The number of hydrogen-bond acceptors (Lipinski definition) is 3. The molecule has 0 spiro atoms. The van der Waals surface area contributed by atoms with Crippen molar-refractivity contribution in [2.75, 3.05) is 32.7 Å². The van der Waals surface area contributed by atoms with Crippen LogP contribution < -0.4 is 0 Å². The molecular weight excluding hydrogens is 420 g/mol. The molecule has 2 aliphatic heterocycles. The van der Waals surface area contributed by atoms with Crippen molar-refractivity contribution in [1.82, 2.24) is 9.80 Å². The number of hydrogen-bond donors (Lipinski definition) is 1. The SMILES string of the molecule is Cc1cc2c(cc1C)C(=O)N(CC1CCN(CC(O)CCc3cccc4ccccc34)C1)CC2. The summed E-state index contributed by atoms with van der Waals surface area (Å²) in [6.45, 7) is 8.54. The van der Waals surface area contributed by atoms with Crippen LogP contribution >= 0.6 is 0 Å². The number of carbonyl (C=O) groups is 1. The number of aryl methyl sites for hydroxylation is 3. The molecule has 34 heavy (non-hydrogen) atoms. The van der Waals surface area contributed by atoms with Crippen molar-refractivity contribution in [3.05, 3.63) is 82.4 Å². The minimum Gasteiger partial charge on any atom is -0.392 e. The van der Waals surface area contributed by atoms with Gasteiger partial charge in [-0.3, -0.25) is 4.79 Å². The van der Waals surface area contributed by atoms with Gasteiger partial charge in [0.25, 0.3) is 5.91 Å². The van der Waals surface area contributed by atoms with Crippen LogP contribution in [0, 0.1) is 19.8 Å². The smallest absolute Gasteiger partial charge is 0.254 e. The second kappa shape index (κ2) is 9.89. The third-order valence-corrected chi connectivity index (χ3v) is 7.83. The fraction of sp³-hybridized carbons (Fsp3) is 0.433. The molecule has 1 amide bonds. The lowest BCUT2D eigenvalue weighted by molar-refractivity contribution is 0.0707. The Kier molecular flexibility index (Phi) is 6.71. The van der Waals surface area contributed by atoms with Gasteiger partial charge in [-0.05, 0) is 91.1 Å². The Morgan fingerprint density at radius 2 is 1.82 bits per heavy atom. The van der Waals surface area contributed by atoms with Gasteiger partial charge >= 0.3 is 0 Å². The van der Waals surface area contributed by atoms with Gasteiger partial charge in [0.05, 0.1) is 6.10 Å². The van der Waals surface area contributed by atoms with Crippen LogP contribution in [0.5, 0.6) is 0 Å². The minimum absolute atomic E-state index is 0.193. The van der Waals surface area contributed by atoms with Gasteiger partial charge in [0.2, 0.25) is 0 Å². The summed E-state index contributed by atoms with van der Waals surface area (Å²) in [5.41, 5.74) is 5.87. The Morgan fingerprint density at radius 3 is 2.71 bits per heavy atom. The van der Waals surface area contributed by atoms with E-state index >= 15 is 0 Å². The van der Waals surface area contributed by atoms with Gasteiger partial charge in [0.1, 0.15) is 0 Å². The lowest BCUT2D eigenvalue weighted by Gasteiger charge is -2.31. The zero-order valence-corrected chi connectivity index (χ0v) is 20.5. The van der Waals surface area contributed by atoms with Crippen LogP contribution in [0.3, 0.4) is 0 Å². The fourth-order valence-corrected chi connectivity index (χ4v) is 5.74. The van der Waals surface area contributed by atoms with Crippen LogP contribution in [0.2, 0.25) is 0 Å². The number of aliphatic hydroxyl groups excluding tert-OH is 1. The maximum absolute atomic E-state index is 13.1. The number of fused-ring (bicyclic) bond motifs is 2. The first-order chi connectivity index (χ1) is 16.5. The van der Waals surface area contributed by atoms with Crippen LogP contribution in [0.4, 0.5) is 0 Å². The molecule has 3 aromatic rings. The number of amides is 1. The van der Waals surface area contributed by atoms with Crippen molar-refractivity contribution in [3.8, 4) is 0 Å². The van der Waals surface area contributed by atoms with E-state index in [1.54, 1.807) is 0 Å². The zero-order valence-electron chi connectivity index (χ0n) is 20.5. The molecule has 3 aromatic carbocycles. The molecule has 5 rings (SSSR count). The number of nitrogens with zero attached hydrogens (tertiary/aromatic N) is 2. The molecule has 4 heteroatoms. The van der Waals surface area contributed by atoms with E-state index in [0.717, 1.165) is 64.0 Å². The van der Waals surface area contributed by atoms with Crippen LogP contribution in [0.25, 0.3) is 10.8 Å². The Labute approximate surface area is 203 Å². The molecule has 0 aromatic heterocycles. The van der Waals surface area contributed by atoms with Crippen molar-refractivity contribution in [1.29, 1.82) is 0 Å². The maximum atomic E-state index is 13.1. The first-order valence-electron chi connectivity index (χ1n) is 12.7. The van der Waals surface area contributed by atoms with Crippen LogP contribution in [0.15, 0.2) is 54.6 Å². The average Bonchev–Trinajstić information content (AvgIpc) is 3.27. The number of β-amino-alcohol motifs (C(OH)–C–C–N with tert-alkyl or cyclic N) is 1. The first kappa shape index (κ1) is 23.1. The molecule has 1 fully saturated rings. The molecule has 2 atom stereocenters. The summed E-state index contributed by atoms with van der Waals surface area (Å²) in [6, 6.07) is 19.2. The fourth-order valence-electron chi connectivity index (χ4n) is 5.74. The Morgan fingerprint density at radius 1 is 1.03 bits per heavy atom. The van der Waals surface area contributed by atoms with E-state index < -0.39 is 0 Å². The summed E-state index contributed by atoms with van der Waals surface area (Å²) >= 11 is 0. The lowest BCUT2D eigenvalue weighted by atomic mass is 9.93. The zero-order chi connectivity index (χ0) is 23.7. The first-order valence-corrected chi connectivity index (χ1v) is 12.7. The van der Waals surface area contributed by atoms with Gasteiger partial charge < -0.3 is 14.9 Å². The third kappa shape index (κ3) is 4.89. The molecule has 1 N–H and O–H groups in total. The average molecular weight is 457 g/mol. The molecule has 178 valence electrons. The molecule has 1 saturated heterocycles. The molecule has 4 nitrogen and oxygen atoms in total. The van der Waals surface area contributed by atoms with Crippen molar-refractivity contribution in [3.63, 3.8) is 0 Å². The van der Waals surface area contributed by atoms with Gasteiger partial charge in [0.15, 0.2) is 0 Å². The van der Waals surface area contributed by atoms with Gasteiger partial charge in [-0.2, -0.15) is 0 Å². The Balaban J connectivity index is 1.12. The molecule has 2 unspecified atom stereocenters. The van der Waals surface area contributed by atoms with Crippen molar-refractivity contribution >= 4 is 16.7 Å². The van der Waals surface area contributed by atoms with Crippen molar-refractivity contribution < 1.29 is 9.90 Å². The van der Waals surface area contributed by atoms with E-state index in [9.17, 15) is 9.90 Å². The summed E-state index contributed by atoms with van der Waals surface area (Å²) in [5.74, 6) is 0.681. The molecule has 0 aliphatic carbocycles. The van der Waals surface area contributed by atoms with E-state index in [1.165, 1.54) is 33.0 Å². The van der Waals surface area contributed by atoms with E-state index in [1.807, 2.05) is 0 Å². The Hall–Kier alpha value is -2.69. The van der Waals surface area contributed by atoms with E-state index in [-0.39, 0.29) is 12.0 Å². The summed E-state index contributed by atoms with van der Waals surface area (Å²) in [6.07, 6.45) is 3.38. The standard InChI is InChI=1S/C30H36N2O2/c1-21-16-26-13-15-32(30(34)29(26)17-22(21)2)19-23-12-14-31(18-23)20-27(33)11-10-25-8-5-7-24-6-3-4-9-28(24)25/h3-9,16-17,23,27,33H,10-15,18-20H2,1-2H3. The predicted octanol–water partition coefficient (Wildman–Crippen LogP) is 4.77. The molecule has 0 radical (unpaired) electrons. The van der Waals surface area contributed by atoms with E-state index in [0.29, 0.717) is 5.92 Å². The van der Waals surface area contributed by atoms with Gasteiger partial charge in [-0.15, -0.1) is 0 Å². The predicted molar refractivity (Wildman–Crippen MR) is 138 cm³/mol.